The Balaban J connectivity index is 1.58. The third-order valence-electron chi connectivity index (χ3n) is 5.47. The second kappa shape index (κ2) is 8.29. The molecule has 1 N–H and O–H groups in total. The number of rotatable bonds is 4. The van der Waals surface area contributed by atoms with Crippen LogP contribution in [0.3, 0.4) is 0 Å². The summed E-state index contributed by atoms with van der Waals surface area (Å²) in [5.74, 6) is 0.879. The zero-order chi connectivity index (χ0) is 21.4. The van der Waals surface area contributed by atoms with Crippen molar-refractivity contribution >= 4 is 27.3 Å². The zero-order valence-corrected chi connectivity index (χ0v) is 19.7. The maximum absolute atomic E-state index is 5.00. The molecule has 0 spiro atoms. The van der Waals surface area contributed by atoms with Gasteiger partial charge in [0.1, 0.15) is 5.82 Å². The minimum Gasteiger partial charge on any atom is -0.337 e. The molecule has 0 radical (unpaired) electrons. The highest BCUT2D eigenvalue weighted by Gasteiger charge is 2.16. The molecule has 0 aliphatic rings. The summed E-state index contributed by atoms with van der Waals surface area (Å²) in [6, 6.07) is 29.4. The summed E-state index contributed by atoms with van der Waals surface area (Å²) in [5.41, 5.74) is 7.86. The molecule has 5 aromatic rings. The number of thiophene rings is 1. The number of aromatic amines is 1. The summed E-state index contributed by atoms with van der Waals surface area (Å²) in [6.07, 6.45) is 0. The lowest BCUT2D eigenvalue weighted by atomic mass is 10.1. The number of aryl methyl sites for hydroxylation is 1. The number of imidazole rings is 1. The molecule has 2 heterocycles. The number of hydrogen-bond acceptors (Lipinski definition) is 2. The van der Waals surface area contributed by atoms with Crippen LogP contribution in [0.2, 0.25) is 0 Å². The fourth-order valence-electron chi connectivity index (χ4n) is 3.82. The smallest absolute Gasteiger partial charge is 0.138 e. The van der Waals surface area contributed by atoms with Gasteiger partial charge in [-0.3, -0.25) is 0 Å². The highest BCUT2D eigenvalue weighted by Crippen LogP contribution is 2.39. The van der Waals surface area contributed by atoms with Gasteiger partial charge in [0.2, 0.25) is 0 Å². The van der Waals surface area contributed by atoms with E-state index in [4.69, 9.17) is 4.98 Å². The number of hydrogen-bond donors (Lipinski definition) is 1. The highest BCUT2D eigenvalue weighted by atomic mass is 79.9. The van der Waals surface area contributed by atoms with Crippen molar-refractivity contribution in [3.05, 3.63) is 99.8 Å². The fourth-order valence-corrected chi connectivity index (χ4v) is 5.45. The van der Waals surface area contributed by atoms with E-state index in [2.05, 4.69) is 108 Å². The van der Waals surface area contributed by atoms with E-state index < -0.39 is 0 Å². The van der Waals surface area contributed by atoms with Crippen molar-refractivity contribution in [2.45, 2.75) is 13.8 Å². The van der Waals surface area contributed by atoms with Gasteiger partial charge in [-0.2, -0.15) is 0 Å². The Bertz CT molecular complexity index is 1280. The minimum atomic E-state index is 0.879. The van der Waals surface area contributed by atoms with Crippen LogP contribution < -0.4 is 0 Å². The van der Waals surface area contributed by atoms with Gasteiger partial charge in [0, 0.05) is 30.9 Å². The summed E-state index contributed by atoms with van der Waals surface area (Å²) in [5, 5.41) is 0. The molecule has 4 heteroatoms. The lowest BCUT2D eigenvalue weighted by Crippen LogP contribution is -1.82. The summed E-state index contributed by atoms with van der Waals surface area (Å²) >= 11 is 5.53. The van der Waals surface area contributed by atoms with Crippen molar-refractivity contribution in [2.24, 2.45) is 0 Å². The van der Waals surface area contributed by atoms with Crippen LogP contribution in [0.1, 0.15) is 10.4 Å². The molecule has 2 aromatic heterocycles. The molecule has 0 atom stereocenters. The lowest BCUT2D eigenvalue weighted by molar-refractivity contribution is 1.31. The van der Waals surface area contributed by atoms with Gasteiger partial charge in [-0.25, -0.2) is 4.98 Å². The predicted molar refractivity (Wildman–Crippen MR) is 135 cm³/mol. The van der Waals surface area contributed by atoms with Crippen LogP contribution >= 0.6 is 27.3 Å². The lowest BCUT2D eigenvalue weighted by Gasteiger charge is -2.03. The average Bonchev–Trinajstić information content (AvgIpc) is 3.38. The van der Waals surface area contributed by atoms with E-state index in [0.717, 1.165) is 33.9 Å². The van der Waals surface area contributed by atoms with Crippen molar-refractivity contribution in [2.75, 3.05) is 0 Å². The molecular formula is C27H21BrN2S. The van der Waals surface area contributed by atoms with E-state index in [1.54, 1.807) is 0 Å². The maximum atomic E-state index is 5.00. The maximum Gasteiger partial charge on any atom is 0.138 e. The standard InChI is InChI=1S/C27H21BrN2S/c1-17-23(28)18(2)31-26(17)21-13-15-22(16-14-21)27-29-24(19-9-5-3-6-10-19)25(30-27)20-11-7-4-8-12-20/h3-16H,1-2H3,(H,29,30). The van der Waals surface area contributed by atoms with E-state index in [0.29, 0.717) is 0 Å². The molecule has 3 aromatic carbocycles. The van der Waals surface area contributed by atoms with E-state index in [-0.39, 0.29) is 0 Å². The third kappa shape index (κ3) is 3.78. The summed E-state index contributed by atoms with van der Waals surface area (Å²) < 4.78 is 1.21. The number of H-pyrrole nitrogens is 1. The van der Waals surface area contributed by atoms with Gasteiger partial charge >= 0.3 is 0 Å². The first-order valence-corrected chi connectivity index (χ1v) is 11.8. The van der Waals surface area contributed by atoms with E-state index in [9.17, 15) is 0 Å². The molecule has 0 aliphatic heterocycles. The number of benzene rings is 3. The van der Waals surface area contributed by atoms with Gasteiger partial charge < -0.3 is 4.98 Å². The number of nitrogens with zero attached hydrogens (tertiary/aromatic N) is 1. The molecular weight excluding hydrogens is 464 g/mol. The number of nitrogens with one attached hydrogen (secondary N) is 1. The van der Waals surface area contributed by atoms with Crippen molar-refractivity contribution in [3.8, 4) is 44.3 Å². The van der Waals surface area contributed by atoms with E-state index in [1.807, 2.05) is 23.5 Å². The molecule has 2 nitrogen and oxygen atoms in total. The Kier molecular flexibility index (Phi) is 5.34. The second-order valence-electron chi connectivity index (χ2n) is 7.54. The van der Waals surface area contributed by atoms with Gasteiger partial charge in [0.05, 0.1) is 11.4 Å². The van der Waals surface area contributed by atoms with Gasteiger partial charge in [-0.15, -0.1) is 11.3 Å². The summed E-state index contributed by atoms with van der Waals surface area (Å²) in [7, 11) is 0. The Morgan fingerprint density at radius 3 is 1.87 bits per heavy atom. The molecule has 0 saturated heterocycles. The van der Waals surface area contributed by atoms with Crippen molar-refractivity contribution in [1.82, 2.24) is 9.97 Å². The molecule has 152 valence electrons. The molecule has 0 bridgehead atoms. The van der Waals surface area contributed by atoms with Crippen molar-refractivity contribution in [3.63, 3.8) is 0 Å². The highest BCUT2D eigenvalue weighted by molar-refractivity contribution is 9.10. The summed E-state index contributed by atoms with van der Waals surface area (Å²) in [6.45, 7) is 4.32. The van der Waals surface area contributed by atoms with Crippen LogP contribution in [0.15, 0.2) is 89.4 Å². The monoisotopic (exact) mass is 484 g/mol. The fraction of sp³-hybridized carbons (Fsp3) is 0.0741. The van der Waals surface area contributed by atoms with Crippen molar-refractivity contribution < 1.29 is 0 Å². The number of aromatic nitrogens is 2. The topological polar surface area (TPSA) is 28.7 Å². The molecule has 5 rings (SSSR count). The quantitative estimate of drug-likeness (QED) is 0.272. The first kappa shape index (κ1) is 20.0. The van der Waals surface area contributed by atoms with Crippen LogP contribution in [0, 0.1) is 13.8 Å². The molecule has 31 heavy (non-hydrogen) atoms. The van der Waals surface area contributed by atoms with Crippen molar-refractivity contribution in [1.29, 1.82) is 0 Å². The zero-order valence-electron chi connectivity index (χ0n) is 17.3. The number of halogens is 1. The Hall–Kier alpha value is -2.95. The Morgan fingerprint density at radius 2 is 1.29 bits per heavy atom. The second-order valence-corrected chi connectivity index (χ2v) is 9.56. The van der Waals surface area contributed by atoms with Crippen LogP contribution in [0.5, 0.6) is 0 Å². The van der Waals surface area contributed by atoms with Crippen LogP contribution in [-0.2, 0) is 0 Å². The van der Waals surface area contributed by atoms with Crippen LogP contribution in [0.25, 0.3) is 44.3 Å². The molecule has 0 amide bonds. The van der Waals surface area contributed by atoms with E-state index >= 15 is 0 Å². The predicted octanol–water partition coefficient (Wildman–Crippen LogP) is 8.52. The average molecular weight is 485 g/mol. The molecule has 0 fully saturated rings. The molecule has 0 saturated carbocycles. The van der Waals surface area contributed by atoms with Crippen LogP contribution in [-0.4, -0.2) is 9.97 Å². The SMILES string of the molecule is Cc1sc(-c2ccc(-c3nc(-c4ccccc4)c(-c4ccccc4)[nH]3)cc2)c(C)c1Br. The Morgan fingerprint density at radius 1 is 0.710 bits per heavy atom. The normalized spacial score (nSPS) is 11.1. The van der Waals surface area contributed by atoms with Crippen LogP contribution in [0.4, 0.5) is 0 Å². The third-order valence-corrected chi connectivity index (χ3v) is 8.18. The van der Waals surface area contributed by atoms with Gasteiger partial charge in [0.15, 0.2) is 0 Å². The first-order valence-electron chi connectivity index (χ1n) is 10.2. The van der Waals surface area contributed by atoms with E-state index in [1.165, 1.54) is 25.4 Å². The van der Waals surface area contributed by atoms with Gasteiger partial charge in [0.25, 0.3) is 0 Å². The largest absolute Gasteiger partial charge is 0.337 e. The Labute approximate surface area is 194 Å². The van der Waals surface area contributed by atoms with Gasteiger partial charge in [-0.05, 0) is 40.9 Å². The van der Waals surface area contributed by atoms with Gasteiger partial charge in [-0.1, -0.05) is 84.9 Å². The minimum absolute atomic E-state index is 0.879. The first-order chi connectivity index (χ1) is 15.1. The summed E-state index contributed by atoms with van der Waals surface area (Å²) in [4.78, 5) is 11.2. The molecule has 0 aliphatic carbocycles. The molecule has 0 unspecified atom stereocenters.